The van der Waals surface area contributed by atoms with Crippen molar-refractivity contribution in [3.05, 3.63) is 12.3 Å². The predicted octanol–water partition coefficient (Wildman–Crippen LogP) is 4.48. The van der Waals surface area contributed by atoms with Gasteiger partial charge in [-0.2, -0.15) is 0 Å². The lowest BCUT2D eigenvalue weighted by molar-refractivity contribution is -0.0721. The molecule has 0 bridgehead atoms. The molecule has 5 heteroatoms. The van der Waals surface area contributed by atoms with E-state index >= 15 is 0 Å². The Morgan fingerprint density at radius 1 is 0.929 bits per heavy atom. The van der Waals surface area contributed by atoms with Gasteiger partial charge in [-0.05, 0) is 18.9 Å². The van der Waals surface area contributed by atoms with Crippen LogP contribution in [0.2, 0.25) is 0 Å². The Labute approximate surface area is 172 Å². The van der Waals surface area contributed by atoms with Crippen molar-refractivity contribution in [3.63, 3.8) is 0 Å². The number of hydrogen-bond acceptors (Lipinski definition) is 5. The molecule has 1 heterocycles. The minimum Gasteiger partial charge on any atom is -0.493 e. The fourth-order valence-corrected chi connectivity index (χ4v) is 3.71. The van der Waals surface area contributed by atoms with Gasteiger partial charge < -0.3 is 24.8 Å². The topological polar surface area (TPSA) is 79.2 Å². The van der Waals surface area contributed by atoms with E-state index < -0.39 is 31.0 Å². The zero-order valence-corrected chi connectivity index (χ0v) is 17.9. The molecule has 166 valence electrons. The number of rotatable bonds is 18. The summed E-state index contributed by atoms with van der Waals surface area (Å²) < 4.78 is 10.8. The van der Waals surface area contributed by atoms with Gasteiger partial charge >= 0.3 is 0 Å². The summed E-state index contributed by atoms with van der Waals surface area (Å²) in [6.07, 6.45) is 18.9. The highest BCUT2D eigenvalue weighted by molar-refractivity contribution is 4.91. The normalized spacial score (nSPS) is 23.5. The molecule has 5 nitrogen and oxygen atoms in total. The maximum Gasteiger partial charge on any atom is 0.154 e. The van der Waals surface area contributed by atoms with Crippen molar-refractivity contribution in [1.82, 2.24) is 0 Å². The van der Waals surface area contributed by atoms with Crippen LogP contribution in [0, 0.1) is 0 Å². The highest BCUT2D eigenvalue weighted by Gasteiger charge is 2.41. The van der Waals surface area contributed by atoms with Crippen molar-refractivity contribution in [1.29, 1.82) is 0 Å². The Balaban J connectivity index is 1.90. The third-order valence-electron chi connectivity index (χ3n) is 5.54. The molecule has 0 unspecified atom stereocenters. The van der Waals surface area contributed by atoms with Gasteiger partial charge in [0.15, 0.2) is 6.10 Å². The lowest BCUT2D eigenvalue weighted by Gasteiger charge is -2.22. The van der Waals surface area contributed by atoms with Crippen molar-refractivity contribution in [2.45, 2.75) is 121 Å². The Bertz CT molecular complexity index is 374. The van der Waals surface area contributed by atoms with Gasteiger partial charge in [-0.1, -0.05) is 84.0 Å². The molecule has 1 fully saturated rings. The maximum atomic E-state index is 9.85. The van der Waals surface area contributed by atoms with Crippen molar-refractivity contribution in [2.24, 2.45) is 0 Å². The second-order valence-corrected chi connectivity index (χ2v) is 8.12. The molecule has 0 radical (unpaired) electrons. The molecule has 1 aliphatic heterocycles. The van der Waals surface area contributed by atoms with Gasteiger partial charge in [-0.15, -0.1) is 0 Å². The van der Waals surface area contributed by atoms with Gasteiger partial charge in [0.1, 0.15) is 18.3 Å². The summed E-state index contributed by atoms with van der Waals surface area (Å²) in [4.78, 5) is 0. The van der Waals surface area contributed by atoms with E-state index in [0.29, 0.717) is 0 Å². The molecule has 3 N–H and O–H groups in total. The van der Waals surface area contributed by atoms with Crippen LogP contribution in [0.4, 0.5) is 0 Å². The van der Waals surface area contributed by atoms with Crippen molar-refractivity contribution in [2.75, 3.05) is 13.2 Å². The zero-order chi connectivity index (χ0) is 20.5. The van der Waals surface area contributed by atoms with E-state index in [0.717, 1.165) is 12.8 Å². The molecule has 0 spiro atoms. The number of ether oxygens (including phenoxy) is 2. The Morgan fingerprint density at radius 3 is 2.00 bits per heavy atom. The number of allylic oxidation sites excluding steroid dienone is 1. The van der Waals surface area contributed by atoms with Crippen LogP contribution >= 0.6 is 0 Å². The minimum absolute atomic E-state index is 0.124. The molecule has 28 heavy (non-hydrogen) atoms. The van der Waals surface area contributed by atoms with Crippen LogP contribution in [0.25, 0.3) is 0 Å². The standard InChI is InChI=1S/C23H44O5/c1-2-3-4-5-6-7-8-9-10-11-12-13-14-15-16-17-27-23-21(26)19-28-22(23)20(25)18-24/h16-17,20-26H,2-15,18-19H2,1H3/b17-16+/t20-,21+,22-,23-/m1/s1. The number of unbranched alkanes of at least 4 members (excludes halogenated alkanes) is 13. The summed E-state index contributed by atoms with van der Waals surface area (Å²) in [5.74, 6) is 0. The minimum atomic E-state index is -1.03. The number of hydrogen-bond donors (Lipinski definition) is 3. The fourth-order valence-electron chi connectivity index (χ4n) is 3.71. The lowest BCUT2D eigenvalue weighted by Crippen LogP contribution is -2.41. The summed E-state index contributed by atoms with van der Waals surface area (Å²) in [5.41, 5.74) is 0. The van der Waals surface area contributed by atoms with Crippen LogP contribution in [0.5, 0.6) is 0 Å². The average Bonchev–Trinajstić information content (AvgIpc) is 3.07. The molecular weight excluding hydrogens is 356 g/mol. The second kappa shape index (κ2) is 17.3. The molecule has 0 aliphatic carbocycles. The zero-order valence-electron chi connectivity index (χ0n) is 17.9. The van der Waals surface area contributed by atoms with Crippen molar-refractivity contribution in [3.8, 4) is 0 Å². The quantitative estimate of drug-likeness (QED) is 0.233. The molecule has 0 aromatic rings. The second-order valence-electron chi connectivity index (χ2n) is 8.12. The van der Waals surface area contributed by atoms with Crippen molar-refractivity contribution < 1.29 is 24.8 Å². The molecule has 4 atom stereocenters. The smallest absolute Gasteiger partial charge is 0.154 e. The molecule has 1 saturated heterocycles. The fraction of sp³-hybridized carbons (Fsp3) is 0.913. The van der Waals surface area contributed by atoms with Crippen LogP contribution in [0.3, 0.4) is 0 Å². The van der Waals surface area contributed by atoms with Crippen LogP contribution in [-0.4, -0.2) is 52.9 Å². The van der Waals surface area contributed by atoms with E-state index in [9.17, 15) is 10.2 Å². The van der Waals surface area contributed by atoms with Crippen LogP contribution in [-0.2, 0) is 9.47 Å². The van der Waals surface area contributed by atoms with Gasteiger partial charge in [-0.25, -0.2) is 0 Å². The molecule has 0 aromatic heterocycles. The molecule has 0 saturated carbocycles. The first kappa shape index (κ1) is 25.4. The first-order chi connectivity index (χ1) is 13.7. The Hall–Kier alpha value is -0.620. The SMILES string of the molecule is CCCCCCCCCCCCCCC/C=C/O[C@H]1[C@@H]([C@H](O)CO)OC[C@@H]1O. The predicted molar refractivity (Wildman–Crippen MR) is 113 cm³/mol. The first-order valence-corrected chi connectivity index (χ1v) is 11.6. The summed E-state index contributed by atoms with van der Waals surface area (Å²) in [6.45, 7) is 1.99. The summed E-state index contributed by atoms with van der Waals surface area (Å²) in [5, 5.41) is 28.6. The molecular formula is C23H44O5. The van der Waals surface area contributed by atoms with E-state index in [1.54, 1.807) is 6.26 Å². The van der Waals surface area contributed by atoms with Crippen LogP contribution < -0.4 is 0 Å². The van der Waals surface area contributed by atoms with Crippen LogP contribution in [0.1, 0.15) is 96.8 Å². The Kier molecular flexibility index (Phi) is 15.7. The van der Waals surface area contributed by atoms with E-state index in [4.69, 9.17) is 14.6 Å². The number of aliphatic hydroxyl groups excluding tert-OH is 3. The molecule has 1 aliphatic rings. The third-order valence-corrected chi connectivity index (χ3v) is 5.54. The highest BCUT2D eigenvalue weighted by Crippen LogP contribution is 2.21. The molecule has 0 aromatic carbocycles. The van der Waals surface area contributed by atoms with Gasteiger partial charge in [0.25, 0.3) is 0 Å². The third kappa shape index (κ3) is 11.4. The van der Waals surface area contributed by atoms with Crippen molar-refractivity contribution >= 4 is 0 Å². The van der Waals surface area contributed by atoms with Gasteiger partial charge in [-0.3, -0.25) is 0 Å². The van der Waals surface area contributed by atoms with E-state index in [-0.39, 0.29) is 6.61 Å². The van der Waals surface area contributed by atoms with Gasteiger partial charge in [0.05, 0.1) is 19.5 Å². The van der Waals surface area contributed by atoms with Crippen LogP contribution in [0.15, 0.2) is 12.3 Å². The average molecular weight is 401 g/mol. The monoisotopic (exact) mass is 400 g/mol. The highest BCUT2D eigenvalue weighted by atomic mass is 16.6. The summed E-state index contributed by atoms with van der Waals surface area (Å²) in [6, 6.07) is 0. The number of aliphatic hydroxyl groups is 3. The summed E-state index contributed by atoms with van der Waals surface area (Å²) >= 11 is 0. The van der Waals surface area contributed by atoms with Gasteiger partial charge in [0.2, 0.25) is 0 Å². The van der Waals surface area contributed by atoms with E-state index in [2.05, 4.69) is 6.92 Å². The Morgan fingerprint density at radius 2 is 1.46 bits per heavy atom. The lowest BCUT2D eigenvalue weighted by atomic mass is 10.0. The molecule has 0 amide bonds. The van der Waals surface area contributed by atoms with Gasteiger partial charge in [0, 0.05) is 0 Å². The summed E-state index contributed by atoms with van der Waals surface area (Å²) in [7, 11) is 0. The first-order valence-electron chi connectivity index (χ1n) is 11.6. The largest absolute Gasteiger partial charge is 0.493 e. The maximum absolute atomic E-state index is 9.85. The molecule has 1 rings (SSSR count). The van der Waals surface area contributed by atoms with E-state index in [1.165, 1.54) is 77.0 Å². The van der Waals surface area contributed by atoms with E-state index in [1.807, 2.05) is 6.08 Å².